The normalized spacial score (nSPS) is 14.7. The van der Waals surface area contributed by atoms with E-state index in [0.717, 1.165) is 45.2 Å². The molecule has 0 spiro atoms. The number of methoxy groups -OCH3 is 1. The van der Waals surface area contributed by atoms with Crippen LogP contribution in [0, 0.1) is 0 Å². The van der Waals surface area contributed by atoms with Crippen LogP contribution in [0.3, 0.4) is 0 Å². The molecule has 26 heavy (non-hydrogen) atoms. The maximum atomic E-state index is 12.3. The maximum absolute atomic E-state index is 12.3. The number of carbonyl (C=O) groups excluding carboxylic acids is 1. The molecule has 7 nitrogen and oxygen atoms in total. The first kappa shape index (κ1) is 18.2. The summed E-state index contributed by atoms with van der Waals surface area (Å²) in [6.07, 6.45) is 1.58. The fourth-order valence-corrected chi connectivity index (χ4v) is 2.70. The first-order valence-electron chi connectivity index (χ1n) is 8.70. The van der Waals surface area contributed by atoms with Gasteiger partial charge in [0, 0.05) is 44.1 Å². The summed E-state index contributed by atoms with van der Waals surface area (Å²) in [5.41, 5.74) is 1.19. The summed E-state index contributed by atoms with van der Waals surface area (Å²) >= 11 is 0. The van der Waals surface area contributed by atoms with Gasteiger partial charge in [-0.05, 0) is 24.3 Å². The number of carbonyl (C=O) groups is 1. The molecule has 1 aromatic heterocycles. The smallest absolute Gasteiger partial charge is 0.257 e. The van der Waals surface area contributed by atoms with Gasteiger partial charge in [0.05, 0.1) is 25.9 Å². The monoisotopic (exact) mass is 356 g/mol. The van der Waals surface area contributed by atoms with E-state index >= 15 is 0 Å². The van der Waals surface area contributed by atoms with E-state index < -0.39 is 0 Å². The van der Waals surface area contributed by atoms with E-state index in [4.69, 9.17) is 9.47 Å². The van der Waals surface area contributed by atoms with Crippen LogP contribution in [0.15, 0.2) is 42.6 Å². The van der Waals surface area contributed by atoms with Crippen LogP contribution in [-0.4, -0.2) is 62.3 Å². The molecule has 0 bridgehead atoms. The first-order chi connectivity index (χ1) is 12.7. The number of benzene rings is 1. The Hall–Kier alpha value is -2.64. The molecule has 1 aromatic carbocycles. The summed E-state index contributed by atoms with van der Waals surface area (Å²) < 4.78 is 10.5. The van der Waals surface area contributed by atoms with E-state index in [-0.39, 0.29) is 5.91 Å². The number of aromatic nitrogens is 1. The highest BCUT2D eigenvalue weighted by Gasteiger charge is 2.10. The van der Waals surface area contributed by atoms with Crippen molar-refractivity contribution in [2.45, 2.75) is 0 Å². The molecule has 2 N–H and O–H groups in total. The van der Waals surface area contributed by atoms with E-state index in [9.17, 15) is 4.79 Å². The largest absolute Gasteiger partial charge is 0.497 e. The Morgan fingerprint density at radius 2 is 2.12 bits per heavy atom. The average Bonchev–Trinajstić information content (AvgIpc) is 2.69. The molecular formula is C19H24N4O3. The predicted molar refractivity (Wildman–Crippen MR) is 101 cm³/mol. The molecule has 0 atom stereocenters. The van der Waals surface area contributed by atoms with E-state index in [1.54, 1.807) is 25.4 Å². The fourth-order valence-electron chi connectivity index (χ4n) is 2.70. The second-order valence-electron chi connectivity index (χ2n) is 6.00. The summed E-state index contributed by atoms with van der Waals surface area (Å²) in [6.45, 7) is 5.30. The van der Waals surface area contributed by atoms with Crippen molar-refractivity contribution in [3.8, 4) is 5.75 Å². The second-order valence-corrected chi connectivity index (χ2v) is 6.00. The van der Waals surface area contributed by atoms with Crippen molar-refractivity contribution >= 4 is 17.4 Å². The number of pyridine rings is 1. The molecule has 7 heteroatoms. The van der Waals surface area contributed by atoms with Crippen molar-refractivity contribution in [1.82, 2.24) is 9.88 Å². The summed E-state index contributed by atoms with van der Waals surface area (Å²) in [6, 6.07) is 10.8. The molecule has 138 valence electrons. The van der Waals surface area contributed by atoms with E-state index in [1.807, 2.05) is 24.3 Å². The Bertz CT molecular complexity index is 715. The quantitative estimate of drug-likeness (QED) is 0.791. The van der Waals surface area contributed by atoms with Gasteiger partial charge in [-0.3, -0.25) is 9.69 Å². The number of amides is 1. The van der Waals surface area contributed by atoms with Crippen LogP contribution in [0.4, 0.5) is 11.5 Å². The Morgan fingerprint density at radius 1 is 1.27 bits per heavy atom. The Balaban J connectivity index is 1.49. The zero-order valence-electron chi connectivity index (χ0n) is 14.9. The van der Waals surface area contributed by atoms with Crippen LogP contribution in [0.5, 0.6) is 5.75 Å². The summed E-state index contributed by atoms with van der Waals surface area (Å²) in [4.78, 5) is 19.0. The third kappa shape index (κ3) is 5.18. The molecule has 0 saturated carbocycles. The van der Waals surface area contributed by atoms with Gasteiger partial charge in [0.25, 0.3) is 5.91 Å². The molecule has 1 fully saturated rings. The topological polar surface area (TPSA) is 75.7 Å². The van der Waals surface area contributed by atoms with Crippen molar-refractivity contribution in [2.75, 3.05) is 57.1 Å². The number of morpholine rings is 1. The van der Waals surface area contributed by atoms with Crippen LogP contribution in [0.1, 0.15) is 10.4 Å². The lowest BCUT2D eigenvalue weighted by atomic mass is 10.2. The number of hydrogen-bond donors (Lipinski definition) is 2. The SMILES string of the molecule is COc1cccc(NC(=O)c2ccc(NCCN3CCOCC3)nc2)c1. The Kier molecular flexibility index (Phi) is 6.40. The number of nitrogens with zero attached hydrogens (tertiary/aromatic N) is 2. The molecule has 1 aliphatic rings. The number of anilines is 2. The molecule has 0 aliphatic carbocycles. The Morgan fingerprint density at radius 3 is 2.85 bits per heavy atom. The molecule has 1 amide bonds. The average molecular weight is 356 g/mol. The van der Waals surface area contributed by atoms with Crippen LogP contribution < -0.4 is 15.4 Å². The van der Waals surface area contributed by atoms with Crippen molar-refractivity contribution in [3.05, 3.63) is 48.2 Å². The van der Waals surface area contributed by atoms with Gasteiger partial charge in [0.2, 0.25) is 0 Å². The zero-order valence-corrected chi connectivity index (χ0v) is 14.9. The highest BCUT2D eigenvalue weighted by atomic mass is 16.5. The molecular weight excluding hydrogens is 332 g/mol. The highest BCUT2D eigenvalue weighted by Crippen LogP contribution is 2.17. The maximum Gasteiger partial charge on any atom is 0.257 e. The highest BCUT2D eigenvalue weighted by molar-refractivity contribution is 6.04. The number of nitrogens with one attached hydrogen (secondary N) is 2. The third-order valence-electron chi connectivity index (χ3n) is 4.19. The molecule has 1 aliphatic heterocycles. The van der Waals surface area contributed by atoms with E-state index in [1.165, 1.54) is 0 Å². The molecule has 3 rings (SSSR count). The first-order valence-corrected chi connectivity index (χ1v) is 8.70. The lowest BCUT2D eigenvalue weighted by Crippen LogP contribution is -2.39. The minimum absolute atomic E-state index is 0.203. The fraction of sp³-hybridized carbons (Fsp3) is 0.368. The molecule has 0 radical (unpaired) electrons. The van der Waals surface area contributed by atoms with Crippen LogP contribution >= 0.6 is 0 Å². The summed E-state index contributed by atoms with van der Waals surface area (Å²) in [5.74, 6) is 1.25. The van der Waals surface area contributed by atoms with E-state index in [2.05, 4.69) is 20.5 Å². The van der Waals surface area contributed by atoms with Gasteiger partial charge in [-0.2, -0.15) is 0 Å². The predicted octanol–water partition coefficient (Wildman–Crippen LogP) is 2.09. The van der Waals surface area contributed by atoms with Gasteiger partial charge in [0.1, 0.15) is 11.6 Å². The van der Waals surface area contributed by atoms with Crippen LogP contribution in [0.25, 0.3) is 0 Å². The van der Waals surface area contributed by atoms with E-state index in [0.29, 0.717) is 17.0 Å². The van der Waals surface area contributed by atoms with Gasteiger partial charge < -0.3 is 20.1 Å². The summed E-state index contributed by atoms with van der Waals surface area (Å²) in [7, 11) is 1.59. The standard InChI is InChI=1S/C19H24N4O3/c1-25-17-4-2-3-16(13-17)22-19(24)15-5-6-18(21-14-15)20-7-8-23-9-11-26-12-10-23/h2-6,13-14H,7-12H2,1H3,(H,20,21)(H,22,24). The molecule has 2 heterocycles. The number of rotatable bonds is 7. The van der Waals surface area contributed by atoms with Crippen molar-refractivity contribution in [1.29, 1.82) is 0 Å². The third-order valence-corrected chi connectivity index (χ3v) is 4.19. The van der Waals surface area contributed by atoms with Crippen LogP contribution in [0.2, 0.25) is 0 Å². The molecule has 0 unspecified atom stereocenters. The number of hydrogen-bond acceptors (Lipinski definition) is 6. The van der Waals surface area contributed by atoms with Crippen molar-refractivity contribution < 1.29 is 14.3 Å². The van der Waals surface area contributed by atoms with Gasteiger partial charge in [0.15, 0.2) is 0 Å². The van der Waals surface area contributed by atoms with Gasteiger partial charge >= 0.3 is 0 Å². The zero-order chi connectivity index (χ0) is 18.2. The minimum atomic E-state index is -0.203. The van der Waals surface area contributed by atoms with Gasteiger partial charge in [-0.1, -0.05) is 6.07 Å². The lowest BCUT2D eigenvalue weighted by molar-refractivity contribution is 0.0398. The molecule has 2 aromatic rings. The van der Waals surface area contributed by atoms with Gasteiger partial charge in [-0.15, -0.1) is 0 Å². The van der Waals surface area contributed by atoms with Crippen LogP contribution in [-0.2, 0) is 4.74 Å². The van der Waals surface area contributed by atoms with Gasteiger partial charge in [-0.25, -0.2) is 4.98 Å². The lowest BCUT2D eigenvalue weighted by Gasteiger charge is -2.26. The second kappa shape index (κ2) is 9.17. The number of ether oxygens (including phenoxy) is 2. The summed E-state index contributed by atoms with van der Waals surface area (Å²) in [5, 5.41) is 6.12. The minimum Gasteiger partial charge on any atom is -0.497 e. The Labute approximate surface area is 153 Å². The van der Waals surface area contributed by atoms with Crippen molar-refractivity contribution in [2.24, 2.45) is 0 Å². The molecule has 1 saturated heterocycles. The van der Waals surface area contributed by atoms with Crippen molar-refractivity contribution in [3.63, 3.8) is 0 Å².